The van der Waals surface area contributed by atoms with E-state index in [1.54, 1.807) is 10.9 Å². The smallest absolute Gasteiger partial charge is 0.303 e. The number of aliphatic carboxylic acids is 1. The molecule has 5 heterocycles. The molecule has 5 rings (SSSR count). The molecule has 1 unspecified atom stereocenters. The Hall–Kier alpha value is -3.66. The molecule has 2 aliphatic heterocycles. The van der Waals surface area contributed by atoms with Gasteiger partial charge in [-0.25, -0.2) is 9.98 Å². The Morgan fingerprint density at radius 1 is 1.33 bits per heavy atom. The first-order valence-corrected chi connectivity index (χ1v) is 11.1. The third-order valence-corrected chi connectivity index (χ3v) is 6.12. The summed E-state index contributed by atoms with van der Waals surface area (Å²) in [6.45, 7) is 4.01. The van der Waals surface area contributed by atoms with Crippen LogP contribution in [0.5, 0.6) is 0 Å². The van der Waals surface area contributed by atoms with Crippen LogP contribution >= 0.6 is 0 Å². The van der Waals surface area contributed by atoms with Gasteiger partial charge >= 0.3 is 5.97 Å². The average molecular weight is 450 g/mol. The number of rotatable bonds is 5. The fraction of sp³-hybridized carbons (Fsp3) is 0.391. The second-order valence-electron chi connectivity index (χ2n) is 8.40. The van der Waals surface area contributed by atoms with E-state index in [4.69, 9.17) is 9.73 Å². The number of hydrogen-bond donors (Lipinski definition) is 2. The van der Waals surface area contributed by atoms with Crippen molar-refractivity contribution in [2.45, 2.75) is 31.8 Å². The number of pyridine rings is 1. The number of carboxylic acids is 1. The maximum Gasteiger partial charge on any atom is 0.303 e. The summed E-state index contributed by atoms with van der Waals surface area (Å²) >= 11 is 0. The first-order chi connectivity index (χ1) is 16.0. The van der Waals surface area contributed by atoms with Crippen molar-refractivity contribution in [2.75, 3.05) is 24.7 Å². The molecule has 0 amide bonds. The summed E-state index contributed by atoms with van der Waals surface area (Å²) in [5.41, 5.74) is 2.53. The van der Waals surface area contributed by atoms with Crippen molar-refractivity contribution in [1.82, 2.24) is 24.6 Å². The number of aryl methyl sites for hydroxylation is 1. The molecule has 0 aliphatic carbocycles. The van der Waals surface area contributed by atoms with Gasteiger partial charge in [-0.15, -0.1) is 0 Å². The highest BCUT2D eigenvalue weighted by Gasteiger charge is 2.35. The van der Waals surface area contributed by atoms with Crippen LogP contribution in [0.25, 0.3) is 16.7 Å². The highest BCUT2D eigenvalue weighted by Crippen LogP contribution is 2.33. The Morgan fingerprint density at radius 3 is 2.97 bits per heavy atom. The zero-order valence-corrected chi connectivity index (χ0v) is 18.7. The first kappa shape index (κ1) is 21.2. The number of nitrogens with zero attached hydrogens (tertiary/aromatic N) is 6. The molecule has 1 saturated heterocycles. The van der Waals surface area contributed by atoms with E-state index in [9.17, 15) is 9.90 Å². The monoisotopic (exact) mass is 449 g/mol. The molecule has 0 bridgehead atoms. The molecule has 3 aromatic heterocycles. The number of aromatic amines is 1. The molecular formula is C23H27N7O3. The Bertz CT molecular complexity index is 1230. The zero-order chi connectivity index (χ0) is 22.9. The topological polar surface area (TPSA) is 112 Å². The van der Waals surface area contributed by atoms with Crippen LogP contribution in [0.2, 0.25) is 0 Å². The van der Waals surface area contributed by atoms with Crippen molar-refractivity contribution >= 4 is 34.4 Å². The molecule has 0 radical (unpaired) electrons. The van der Waals surface area contributed by atoms with Gasteiger partial charge in [0.2, 0.25) is 0 Å². The lowest BCUT2D eigenvalue weighted by molar-refractivity contribution is -0.137. The van der Waals surface area contributed by atoms with E-state index in [2.05, 4.69) is 31.8 Å². The van der Waals surface area contributed by atoms with Crippen LogP contribution in [-0.2, 0) is 16.6 Å². The molecular weight excluding hydrogens is 422 g/mol. The van der Waals surface area contributed by atoms with Gasteiger partial charge in [-0.05, 0) is 25.5 Å². The Kier molecular flexibility index (Phi) is 5.59. The van der Waals surface area contributed by atoms with E-state index in [0.717, 1.165) is 33.9 Å². The molecule has 33 heavy (non-hydrogen) atoms. The second kappa shape index (κ2) is 8.70. The number of morpholine rings is 1. The molecule has 3 aromatic rings. The number of ether oxygens (including phenoxy) is 1. The van der Waals surface area contributed by atoms with Crippen molar-refractivity contribution in [3.05, 3.63) is 48.6 Å². The number of nitrogens with one attached hydrogen (secondary N) is 1. The first-order valence-electron chi connectivity index (χ1n) is 11.1. The van der Waals surface area contributed by atoms with E-state index in [-0.39, 0.29) is 18.5 Å². The summed E-state index contributed by atoms with van der Waals surface area (Å²) in [6, 6.07) is 5.75. The van der Waals surface area contributed by atoms with Gasteiger partial charge < -0.3 is 24.6 Å². The number of aromatic nitrogens is 4. The minimum absolute atomic E-state index is 0.0340. The van der Waals surface area contributed by atoms with Crippen LogP contribution in [0.3, 0.4) is 0 Å². The quantitative estimate of drug-likeness (QED) is 0.615. The van der Waals surface area contributed by atoms with Gasteiger partial charge in [-0.1, -0.05) is 0 Å². The summed E-state index contributed by atoms with van der Waals surface area (Å²) in [7, 11) is 1.87. The van der Waals surface area contributed by atoms with Gasteiger partial charge in [0.15, 0.2) is 5.82 Å². The molecule has 0 saturated carbocycles. The van der Waals surface area contributed by atoms with Crippen molar-refractivity contribution in [3.63, 3.8) is 0 Å². The predicted octanol–water partition coefficient (Wildman–Crippen LogP) is 2.47. The van der Waals surface area contributed by atoms with Crippen LogP contribution < -0.4 is 4.90 Å². The molecule has 10 heteroatoms. The van der Waals surface area contributed by atoms with Gasteiger partial charge in [-0.3, -0.25) is 9.48 Å². The van der Waals surface area contributed by atoms with Crippen LogP contribution in [0.1, 0.15) is 25.3 Å². The van der Waals surface area contributed by atoms with Gasteiger partial charge in [0.1, 0.15) is 11.5 Å². The lowest BCUT2D eigenvalue weighted by atomic mass is 10.0. The van der Waals surface area contributed by atoms with E-state index >= 15 is 0 Å². The van der Waals surface area contributed by atoms with E-state index < -0.39 is 5.97 Å². The number of carbonyl (C=O) groups is 1. The molecule has 172 valence electrons. The standard InChI is InChI=1S/C23H27N7O3/c1-15-14-33-12-11-29(15)23-19(3-4-21(31)32)30(20-7-10-28(2)27-20)13-18(26-23)16-5-8-24-22-17(16)6-9-25-22/h5-10,13,15,19H,3-4,11-12,14H2,1-2H3,(H,24,25)(H,31,32)/t15?,19-/m1/s1. The molecule has 10 nitrogen and oxygen atoms in total. The number of aliphatic imine (C=N–C) groups is 1. The maximum atomic E-state index is 11.5. The Labute approximate surface area is 191 Å². The van der Waals surface area contributed by atoms with Crippen LogP contribution in [0, 0.1) is 0 Å². The van der Waals surface area contributed by atoms with E-state index in [1.165, 1.54) is 0 Å². The summed E-state index contributed by atoms with van der Waals surface area (Å²) in [6.07, 6.45) is 7.94. The molecule has 1 fully saturated rings. The highest BCUT2D eigenvalue weighted by molar-refractivity contribution is 6.01. The van der Waals surface area contributed by atoms with Gasteiger partial charge in [-0.2, -0.15) is 5.10 Å². The van der Waals surface area contributed by atoms with Crippen LogP contribution in [0.15, 0.2) is 48.0 Å². The number of anilines is 1. The summed E-state index contributed by atoms with van der Waals surface area (Å²) in [5, 5.41) is 15.0. The zero-order valence-electron chi connectivity index (χ0n) is 18.7. The normalized spacial score (nSPS) is 21.3. The molecule has 2 atom stereocenters. The summed E-state index contributed by atoms with van der Waals surface area (Å²) in [4.78, 5) is 28.5. The molecule has 2 aliphatic rings. The van der Waals surface area contributed by atoms with Crippen molar-refractivity contribution in [1.29, 1.82) is 0 Å². The fourth-order valence-electron chi connectivity index (χ4n) is 4.50. The lowest BCUT2D eigenvalue weighted by Gasteiger charge is -2.43. The Balaban J connectivity index is 1.66. The van der Waals surface area contributed by atoms with Crippen molar-refractivity contribution in [3.8, 4) is 0 Å². The van der Waals surface area contributed by atoms with Crippen molar-refractivity contribution < 1.29 is 14.6 Å². The van der Waals surface area contributed by atoms with Gasteiger partial charge in [0.25, 0.3) is 0 Å². The second-order valence-corrected chi connectivity index (χ2v) is 8.40. The van der Waals surface area contributed by atoms with Gasteiger partial charge in [0, 0.05) is 61.8 Å². The van der Waals surface area contributed by atoms with E-state index in [1.807, 2.05) is 43.8 Å². The Morgan fingerprint density at radius 2 is 2.21 bits per heavy atom. The minimum Gasteiger partial charge on any atom is -0.481 e. The summed E-state index contributed by atoms with van der Waals surface area (Å²) < 4.78 is 7.41. The van der Waals surface area contributed by atoms with E-state index in [0.29, 0.717) is 26.2 Å². The average Bonchev–Trinajstić information content (AvgIpc) is 3.46. The fourth-order valence-corrected chi connectivity index (χ4v) is 4.50. The number of amidine groups is 1. The SMILES string of the molecule is CC1COCCN1C1=NC(c2ccnc3[nH]ccc23)=CN(c2ccn(C)n2)[C@@H]1CCC(=O)O. The largest absolute Gasteiger partial charge is 0.481 e. The molecule has 0 aromatic carbocycles. The number of carboxylic acid groups (broad SMARTS) is 1. The predicted molar refractivity (Wildman–Crippen MR) is 125 cm³/mol. The molecule has 2 N–H and O–H groups in total. The number of fused-ring (bicyclic) bond motifs is 1. The van der Waals surface area contributed by atoms with Gasteiger partial charge in [0.05, 0.1) is 31.0 Å². The lowest BCUT2D eigenvalue weighted by Crippen LogP contribution is -2.55. The third-order valence-electron chi connectivity index (χ3n) is 6.12. The number of hydrogen-bond acceptors (Lipinski definition) is 7. The van der Waals surface area contributed by atoms with Crippen LogP contribution in [0.4, 0.5) is 5.82 Å². The minimum atomic E-state index is -0.830. The highest BCUT2D eigenvalue weighted by atomic mass is 16.5. The molecule has 0 spiro atoms. The van der Waals surface area contributed by atoms with Crippen molar-refractivity contribution in [2.24, 2.45) is 12.0 Å². The maximum absolute atomic E-state index is 11.5. The van der Waals surface area contributed by atoms with Crippen LogP contribution in [-0.4, -0.2) is 73.4 Å². The summed E-state index contributed by atoms with van der Waals surface area (Å²) in [5.74, 6) is 0.761. The third kappa shape index (κ3) is 4.09. The number of H-pyrrole nitrogens is 1.